The van der Waals surface area contributed by atoms with Crippen molar-refractivity contribution in [3.8, 4) is 5.75 Å². The van der Waals surface area contributed by atoms with Crippen LogP contribution in [0, 0.1) is 6.92 Å². The zero-order valence-electron chi connectivity index (χ0n) is 11.8. The summed E-state index contributed by atoms with van der Waals surface area (Å²) in [5.41, 5.74) is 4.01. The maximum absolute atomic E-state index is 5.20. The Morgan fingerprint density at radius 1 is 1.05 bits per heavy atom. The summed E-state index contributed by atoms with van der Waals surface area (Å²) in [4.78, 5) is 0. The van der Waals surface area contributed by atoms with Crippen LogP contribution < -0.4 is 10.1 Å². The lowest BCUT2D eigenvalue weighted by atomic mass is 9.96. The summed E-state index contributed by atoms with van der Waals surface area (Å²) in [5.74, 6) is 0.898. The smallest absolute Gasteiger partial charge is 0.118 e. The highest BCUT2D eigenvalue weighted by molar-refractivity contribution is 5.32. The van der Waals surface area contributed by atoms with Gasteiger partial charge in [0.25, 0.3) is 0 Å². The quantitative estimate of drug-likeness (QED) is 0.883. The molecule has 0 fully saturated rings. The largest absolute Gasteiger partial charge is 0.497 e. The van der Waals surface area contributed by atoms with E-state index in [1.54, 1.807) is 7.11 Å². The highest BCUT2D eigenvalue weighted by Crippen LogP contribution is 2.22. The van der Waals surface area contributed by atoms with Crippen LogP contribution in [0.25, 0.3) is 0 Å². The molecular formula is C17H21NO. The molecule has 0 aromatic heterocycles. The molecule has 100 valence electrons. The summed E-state index contributed by atoms with van der Waals surface area (Å²) in [6.07, 6.45) is 0.996. The second-order valence-electron chi connectivity index (χ2n) is 4.75. The Morgan fingerprint density at radius 2 is 1.74 bits per heavy atom. The van der Waals surface area contributed by atoms with Gasteiger partial charge in [-0.25, -0.2) is 0 Å². The Morgan fingerprint density at radius 3 is 2.32 bits per heavy atom. The predicted molar refractivity (Wildman–Crippen MR) is 79.7 cm³/mol. The minimum absolute atomic E-state index is 0.326. The van der Waals surface area contributed by atoms with Gasteiger partial charge in [-0.15, -0.1) is 0 Å². The first-order chi connectivity index (χ1) is 9.24. The number of benzene rings is 2. The topological polar surface area (TPSA) is 21.3 Å². The van der Waals surface area contributed by atoms with Gasteiger partial charge in [-0.3, -0.25) is 0 Å². The SMILES string of the molecule is CNC(Cc1ccccc1C)c1ccc(OC)cc1. The number of hydrogen-bond donors (Lipinski definition) is 1. The molecule has 1 N–H and O–H groups in total. The normalized spacial score (nSPS) is 12.2. The molecule has 0 aliphatic carbocycles. The average Bonchev–Trinajstić information content (AvgIpc) is 2.47. The first kappa shape index (κ1) is 13.6. The Kier molecular flexibility index (Phi) is 4.58. The maximum Gasteiger partial charge on any atom is 0.118 e. The van der Waals surface area contributed by atoms with Gasteiger partial charge in [0.05, 0.1) is 7.11 Å². The minimum atomic E-state index is 0.326. The number of nitrogens with one attached hydrogen (secondary N) is 1. The average molecular weight is 255 g/mol. The monoisotopic (exact) mass is 255 g/mol. The third-order valence-corrected chi connectivity index (χ3v) is 3.55. The van der Waals surface area contributed by atoms with Gasteiger partial charge in [0.1, 0.15) is 5.75 Å². The Hall–Kier alpha value is -1.80. The summed E-state index contributed by atoms with van der Waals surface area (Å²) in [6.45, 7) is 2.16. The van der Waals surface area contributed by atoms with E-state index in [4.69, 9.17) is 4.74 Å². The number of aryl methyl sites for hydroxylation is 1. The molecule has 2 rings (SSSR count). The fourth-order valence-corrected chi connectivity index (χ4v) is 2.28. The molecule has 0 heterocycles. The molecule has 0 aliphatic rings. The third-order valence-electron chi connectivity index (χ3n) is 3.55. The molecule has 0 spiro atoms. The summed E-state index contributed by atoms with van der Waals surface area (Å²) >= 11 is 0. The van der Waals surface area contributed by atoms with E-state index >= 15 is 0 Å². The molecule has 0 saturated heterocycles. The Bertz CT molecular complexity index is 519. The molecule has 2 aromatic carbocycles. The standard InChI is InChI=1S/C17H21NO/c1-13-6-4-5-7-15(13)12-17(18-2)14-8-10-16(19-3)11-9-14/h4-11,17-18H,12H2,1-3H3. The molecule has 2 aromatic rings. The fraction of sp³-hybridized carbons (Fsp3) is 0.294. The van der Waals surface area contributed by atoms with Crippen molar-refractivity contribution < 1.29 is 4.74 Å². The number of ether oxygens (including phenoxy) is 1. The van der Waals surface area contributed by atoms with Gasteiger partial charge in [-0.05, 0) is 49.2 Å². The maximum atomic E-state index is 5.20. The van der Waals surface area contributed by atoms with Crippen molar-refractivity contribution >= 4 is 0 Å². The van der Waals surface area contributed by atoms with Crippen molar-refractivity contribution in [2.75, 3.05) is 14.2 Å². The van der Waals surface area contributed by atoms with Gasteiger partial charge in [-0.1, -0.05) is 36.4 Å². The van der Waals surface area contributed by atoms with Gasteiger partial charge in [0.2, 0.25) is 0 Å². The third kappa shape index (κ3) is 3.36. The molecule has 0 radical (unpaired) electrons. The van der Waals surface area contributed by atoms with Gasteiger partial charge >= 0.3 is 0 Å². The van der Waals surface area contributed by atoms with Gasteiger partial charge in [0.15, 0.2) is 0 Å². The lowest BCUT2D eigenvalue weighted by molar-refractivity contribution is 0.414. The van der Waals surface area contributed by atoms with Gasteiger partial charge < -0.3 is 10.1 Å². The van der Waals surface area contributed by atoms with Crippen LogP contribution in [0.3, 0.4) is 0 Å². The molecule has 2 heteroatoms. The molecule has 2 nitrogen and oxygen atoms in total. The lowest BCUT2D eigenvalue weighted by Gasteiger charge is -2.18. The minimum Gasteiger partial charge on any atom is -0.497 e. The second kappa shape index (κ2) is 6.39. The second-order valence-corrected chi connectivity index (χ2v) is 4.75. The van der Waals surface area contributed by atoms with E-state index in [0.717, 1.165) is 12.2 Å². The molecule has 19 heavy (non-hydrogen) atoms. The summed E-state index contributed by atoms with van der Waals surface area (Å²) in [5, 5.41) is 3.39. The van der Waals surface area contributed by atoms with Crippen molar-refractivity contribution in [3.05, 3.63) is 65.2 Å². The van der Waals surface area contributed by atoms with E-state index in [0.29, 0.717) is 6.04 Å². The zero-order valence-corrected chi connectivity index (χ0v) is 11.8. The number of hydrogen-bond acceptors (Lipinski definition) is 2. The predicted octanol–water partition coefficient (Wildman–Crippen LogP) is 3.51. The molecule has 0 amide bonds. The van der Waals surface area contributed by atoms with Crippen molar-refractivity contribution in [1.82, 2.24) is 5.32 Å². The fourth-order valence-electron chi connectivity index (χ4n) is 2.28. The van der Waals surface area contributed by atoms with Crippen molar-refractivity contribution in [1.29, 1.82) is 0 Å². The van der Waals surface area contributed by atoms with Gasteiger partial charge in [-0.2, -0.15) is 0 Å². The highest BCUT2D eigenvalue weighted by Gasteiger charge is 2.11. The van der Waals surface area contributed by atoms with E-state index < -0.39 is 0 Å². The van der Waals surface area contributed by atoms with Crippen LogP contribution in [-0.2, 0) is 6.42 Å². The number of likely N-dealkylation sites (N-methyl/N-ethyl adjacent to an activating group) is 1. The number of methoxy groups -OCH3 is 1. The summed E-state index contributed by atoms with van der Waals surface area (Å²) < 4.78 is 5.20. The Balaban J connectivity index is 2.17. The first-order valence-electron chi connectivity index (χ1n) is 6.60. The van der Waals surface area contributed by atoms with Crippen molar-refractivity contribution in [2.24, 2.45) is 0 Å². The molecule has 0 bridgehead atoms. The van der Waals surface area contributed by atoms with E-state index in [9.17, 15) is 0 Å². The van der Waals surface area contributed by atoms with Crippen LogP contribution in [0.1, 0.15) is 22.7 Å². The highest BCUT2D eigenvalue weighted by atomic mass is 16.5. The van der Waals surface area contributed by atoms with Crippen LogP contribution in [-0.4, -0.2) is 14.2 Å². The van der Waals surface area contributed by atoms with Crippen molar-refractivity contribution in [2.45, 2.75) is 19.4 Å². The number of rotatable bonds is 5. The Labute approximate surface area is 115 Å². The molecule has 0 saturated carbocycles. The van der Waals surface area contributed by atoms with Crippen LogP contribution in [0.5, 0.6) is 5.75 Å². The van der Waals surface area contributed by atoms with Gasteiger partial charge in [0, 0.05) is 6.04 Å². The van der Waals surface area contributed by atoms with E-state index in [1.807, 2.05) is 19.2 Å². The summed E-state index contributed by atoms with van der Waals surface area (Å²) in [6, 6.07) is 17.1. The first-order valence-corrected chi connectivity index (χ1v) is 6.60. The molecule has 0 aliphatic heterocycles. The zero-order chi connectivity index (χ0) is 13.7. The van der Waals surface area contributed by atoms with E-state index in [2.05, 4.69) is 48.6 Å². The van der Waals surface area contributed by atoms with Crippen LogP contribution in [0.15, 0.2) is 48.5 Å². The van der Waals surface area contributed by atoms with Crippen LogP contribution in [0.4, 0.5) is 0 Å². The lowest BCUT2D eigenvalue weighted by Crippen LogP contribution is -2.19. The van der Waals surface area contributed by atoms with Crippen LogP contribution >= 0.6 is 0 Å². The van der Waals surface area contributed by atoms with E-state index in [-0.39, 0.29) is 0 Å². The van der Waals surface area contributed by atoms with E-state index in [1.165, 1.54) is 16.7 Å². The van der Waals surface area contributed by atoms with Crippen LogP contribution in [0.2, 0.25) is 0 Å². The summed E-state index contributed by atoms with van der Waals surface area (Å²) in [7, 11) is 3.70. The molecule has 1 unspecified atom stereocenters. The molecular weight excluding hydrogens is 234 g/mol. The molecule has 1 atom stereocenters. The van der Waals surface area contributed by atoms with Crippen molar-refractivity contribution in [3.63, 3.8) is 0 Å².